The van der Waals surface area contributed by atoms with Crippen molar-refractivity contribution in [3.8, 4) is 5.75 Å². The monoisotopic (exact) mass is 407 g/mol. The molecule has 0 radical (unpaired) electrons. The van der Waals surface area contributed by atoms with Crippen molar-refractivity contribution in [2.75, 3.05) is 32.8 Å². The average molecular weight is 407 g/mol. The molecule has 0 bridgehead atoms. The number of hydrogen-bond donors (Lipinski definition) is 2. The molecule has 1 heterocycles. The average Bonchev–Trinajstić information content (AvgIpc) is 2.72. The number of non-ortho nitro benzene ring substituents is 1. The first kappa shape index (κ1) is 22.1. The third-order valence-corrected chi connectivity index (χ3v) is 4.65. The van der Waals surface area contributed by atoms with Crippen molar-refractivity contribution in [3.05, 3.63) is 33.9 Å². The molecule has 0 atom stereocenters. The van der Waals surface area contributed by atoms with Crippen LogP contribution in [0, 0.1) is 17.0 Å². The highest BCUT2D eigenvalue weighted by Gasteiger charge is 2.24. The molecule has 1 saturated heterocycles. The van der Waals surface area contributed by atoms with Crippen molar-refractivity contribution in [2.24, 2.45) is 5.84 Å². The zero-order chi connectivity index (χ0) is 21.4. The van der Waals surface area contributed by atoms with Gasteiger partial charge in [-0.3, -0.25) is 29.9 Å². The molecule has 1 aromatic carbocycles. The number of amides is 3. The van der Waals surface area contributed by atoms with Gasteiger partial charge in [-0.15, -0.1) is 0 Å². The van der Waals surface area contributed by atoms with E-state index in [0.29, 0.717) is 37.5 Å². The second-order valence-corrected chi connectivity index (χ2v) is 6.63. The van der Waals surface area contributed by atoms with Crippen molar-refractivity contribution in [3.63, 3.8) is 0 Å². The predicted molar refractivity (Wildman–Crippen MR) is 103 cm³/mol. The van der Waals surface area contributed by atoms with Crippen LogP contribution in [-0.4, -0.2) is 65.2 Å². The number of aryl methyl sites for hydroxylation is 1. The van der Waals surface area contributed by atoms with Gasteiger partial charge in [0.2, 0.25) is 17.7 Å². The summed E-state index contributed by atoms with van der Waals surface area (Å²) in [5, 5.41) is 10.8. The molecular weight excluding hydrogens is 382 g/mol. The molecule has 0 aliphatic carbocycles. The Morgan fingerprint density at radius 3 is 2.21 bits per heavy atom. The maximum absolute atomic E-state index is 12.3. The van der Waals surface area contributed by atoms with Crippen LogP contribution in [0.15, 0.2) is 18.2 Å². The van der Waals surface area contributed by atoms with Gasteiger partial charge in [0.05, 0.1) is 18.0 Å². The smallest absolute Gasteiger partial charge is 0.269 e. The topological polar surface area (TPSA) is 148 Å². The molecule has 0 saturated carbocycles. The summed E-state index contributed by atoms with van der Waals surface area (Å²) in [6.45, 7) is 3.53. The summed E-state index contributed by atoms with van der Waals surface area (Å²) in [5.41, 5.74) is 2.60. The number of piperazine rings is 1. The summed E-state index contributed by atoms with van der Waals surface area (Å²) in [6.07, 6.45) is 0.286. The number of nitro benzene ring substituents is 1. The van der Waals surface area contributed by atoms with Gasteiger partial charge in [0.15, 0.2) is 0 Å². The van der Waals surface area contributed by atoms with Gasteiger partial charge in [-0.05, 0) is 18.6 Å². The minimum Gasteiger partial charge on any atom is -0.493 e. The van der Waals surface area contributed by atoms with Crippen LogP contribution in [0.25, 0.3) is 0 Å². The highest BCUT2D eigenvalue weighted by molar-refractivity contribution is 5.83. The SMILES string of the molecule is Cc1cc([N+](=O)[O-])ccc1OCCC(=O)N1CCN(C(=O)CCC(=O)NN)CC1. The molecule has 1 aromatic rings. The number of nitrogens with zero attached hydrogens (tertiary/aromatic N) is 3. The molecule has 3 amide bonds. The van der Waals surface area contributed by atoms with Crippen molar-refractivity contribution < 1.29 is 24.0 Å². The summed E-state index contributed by atoms with van der Waals surface area (Å²) in [6, 6.07) is 4.30. The Morgan fingerprint density at radius 2 is 1.69 bits per heavy atom. The highest BCUT2D eigenvalue weighted by atomic mass is 16.6. The molecule has 1 aliphatic heterocycles. The Morgan fingerprint density at radius 1 is 1.10 bits per heavy atom. The molecule has 11 heteroatoms. The van der Waals surface area contributed by atoms with Crippen molar-refractivity contribution in [1.29, 1.82) is 0 Å². The first-order chi connectivity index (χ1) is 13.8. The molecule has 29 heavy (non-hydrogen) atoms. The quantitative estimate of drug-likeness (QED) is 0.269. The van der Waals surface area contributed by atoms with E-state index < -0.39 is 10.8 Å². The van der Waals surface area contributed by atoms with E-state index in [1.54, 1.807) is 16.7 Å². The number of carbonyl (C=O) groups is 3. The summed E-state index contributed by atoms with van der Waals surface area (Å²) in [5.74, 6) is 4.87. The second kappa shape index (κ2) is 10.4. The fraction of sp³-hybridized carbons (Fsp3) is 0.500. The van der Waals surface area contributed by atoms with Crippen molar-refractivity contribution >= 4 is 23.4 Å². The zero-order valence-corrected chi connectivity index (χ0v) is 16.3. The molecule has 2 rings (SSSR count). The van der Waals surface area contributed by atoms with E-state index in [9.17, 15) is 24.5 Å². The minimum absolute atomic E-state index is 0.0120. The van der Waals surface area contributed by atoms with Crippen LogP contribution < -0.4 is 16.0 Å². The summed E-state index contributed by atoms with van der Waals surface area (Å²) in [4.78, 5) is 49.1. The number of benzene rings is 1. The molecule has 1 aliphatic rings. The third-order valence-electron chi connectivity index (χ3n) is 4.65. The summed E-state index contributed by atoms with van der Waals surface area (Å²) in [7, 11) is 0. The third kappa shape index (κ3) is 6.42. The lowest BCUT2D eigenvalue weighted by Crippen LogP contribution is -2.50. The van der Waals surface area contributed by atoms with Gasteiger partial charge in [-0.25, -0.2) is 5.84 Å². The number of rotatable bonds is 8. The van der Waals surface area contributed by atoms with E-state index in [-0.39, 0.29) is 43.4 Å². The van der Waals surface area contributed by atoms with Gasteiger partial charge >= 0.3 is 0 Å². The van der Waals surface area contributed by atoms with E-state index in [2.05, 4.69) is 0 Å². The van der Waals surface area contributed by atoms with Crippen LogP contribution in [0.2, 0.25) is 0 Å². The number of hydrazine groups is 1. The fourth-order valence-electron chi connectivity index (χ4n) is 2.97. The van der Waals surface area contributed by atoms with E-state index >= 15 is 0 Å². The Hall–Kier alpha value is -3.21. The number of ether oxygens (including phenoxy) is 1. The molecule has 0 spiro atoms. The second-order valence-electron chi connectivity index (χ2n) is 6.63. The van der Waals surface area contributed by atoms with Gasteiger partial charge in [0, 0.05) is 51.2 Å². The van der Waals surface area contributed by atoms with Gasteiger partial charge in [0.25, 0.3) is 5.69 Å². The van der Waals surface area contributed by atoms with E-state index in [1.165, 1.54) is 18.2 Å². The van der Waals surface area contributed by atoms with E-state index in [0.717, 1.165) is 0 Å². The predicted octanol–water partition coefficient (Wildman–Crippen LogP) is 0.113. The molecular formula is C18H25N5O6. The maximum Gasteiger partial charge on any atom is 0.269 e. The van der Waals surface area contributed by atoms with Gasteiger partial charge in [-0.1, -0.05) is 0 Å². The molecule has 0 aromatic heterocycles. The van der Waals surface area contributed by atoms with Crippen molar-refractivity contribution in [1.82, 2.24) is 15.2 Å². The molecule has 3 N–H and O–H groups in total. The van der Waals surface area contributed by atoms with E-state index in [4.69, 9.17) is 10.6 Å². The molecule has 0 unspecified atom stereocenters. The van der Waals surface area contributed by atoms with Crippen LogP contribution in [-0.2, 0) is 14.4 Å². The summed E-state index contributed by atoms with van der Waals surface area (Å²) < 4.78 is 5.57. The van der Waals surface area contributed by atoms with E-state index in [1.807, 2.05) is 5.43 Å². The van der Waals surface area contributed by atoms with Gasteiger partial charge in [-0.2, -0.15) is 0 Å². The van der Waals surface area contributed by atoms with Crippen LogP contribution in [0.3, 0.4) is 0 Å². The number of carbonyl (C=O) groups excluding carboxylic acids is 3. The summed E-state index contributed by atoms with van der Waals surface area (Å²) >= 11 is 0. The fourth-order valence-corrected chi connectivity index (χ4v) is 2.97. The number of nitrogens with one attached hydrogen (secondary N) is 1. The molecule has 158 valence electrons. The van der Waals surface area contributed by atoms with Gasteiger partial charge in [0.1, 0.15) is 5.75 Å². The van der Waals surface area contributed by atoms with Crippen LogP contribution >= 0.6 is 0 Å². The lowest BCUT2D eigenvalue weighted by Gasteiger charge is -2.34. The molecule has 1 fully saturated rings. The number of hydrogen-bond acceptors (Lipinski definition) is 7. The maximum atomic E-state index is 12.3. The Bertz CT molecular complexity index is 776. The Balaban J connectivity index is 1.72. The van der Waals surface area contributed by atoms with Crippen LogP contribution in [0.5, 0.6) is 5.75 Å². The highest BCUT2D eigenvalue weighted by Crippen LogP contribution is 2.23. The standard InChI is InChI=1S/C18H25N5O6/c1-13-12-14(23(27)28)2-3-15(13)29-11-6-18(26)22-9-7-21(8-10-22)17(25)5-4-16(24)20-19/h2-3,12H,4-11,19H2,1H3,(H,20,24). The number of nitrogens with two attached hydrogens (primary N) is 1. The van der Waals surface area contributed by atoms with Crippen molar-refractivity contribution in [2.45, 2.75) is 26.2 Å². The lowest BCUT2D eigenvalue weighted by atomic mass is 10.2. The first-order valence-corrected chi connectivity index (χ1v) is 9.24. The molecule has 11 nitrogen and oxygen atoms in total. The Kier molecular flexibility index (Phi) is 7.89. The number of nitro groups is 1. The van der Waals surface area contributed by atoms with Crippen LogP contribution in [0.4, 0.5) is 5.69 Å². The van der Waals surface area contributed by atoms with Crippen LogP contribution in [0.1, 0.15) is 24.8 Å². The minimum atomic E-state index is -0.475. The first-order valence-electron chi connectivity index (χ1n) is 9.24. The Labute approximate surface area is 167 Å². The normalized spacial score (nSPS) is 13.7. The van der Waals surface area contributed by atoms with Gasteiger partial charge < -0.3 is 14.5 Å². The zero-order valence-electron chi connectivity index (χ0n) is 16.3. The lowest BCUT2D eigenvalue weighted by molar-refractivity contribution is -0.384. The largest absolute Gasteiger partial charge is 0.493 e.